The van der Waals surface area contributed by atoms with Crippen molar-refractivity contribution < 1.29 is 0 Å². The quantitative estimate of drug-likeness (QED) is 0.863. The molecule has 2 rings (SSSR count). The van der Waals surface area contributed by atoms with Crippen LogP contribution in [0.15, 0.2) is 30.3 Å². The van der Waals surface area contributed by atoms with Crippen LogP contribution in [0.4, 0.5) is 0 Å². The number of nitrogens with zero attached hydrogens (tertiary/aromatic N) is 1. The molecule has 0 radical (unpaired) electrons. The Balaban J connectivity index is 2.03. The number of nitrogens with two attached hydrogens (primary N) is 1. The van der Waals surface area contributed by atoms with Crippen LogP contribution in [0, 0.1) is 0 Å². The molecule has 1 aromatic rings. The van der Waals surface area contributed by atoms with Gasteiger partial charge in [-0.1, -0.05) is 44.2 Å². The average molecular weight is 232 g/mol. The normalized spacial score (nSPS) is 19.5. The van der Waals surface area contributed by atoms with Crippen molar-refractivity contribution in [3.05, 3.63) is 35.9 Å². The molecule has 1 fully saturated rings. The van der Waals surface area contributed by atoms with Gasteiger partial charge in [-0.2, -0.15) is 0 Å². The predicted octanol–water partition coefficient (Wildman–Crippen LogP) is 2.39. The van der Waals surface area contributed by atoms with Gasteiger partial charge < -0.3 is 10.6 Å². The number of hydrogen-bond donors (Lipinski definition) is 1. The molecule has 0 aromatic heterocycles. The van der Waals surface area contributed by atoms with Crippen molar-refractivity contribution in [3.8, 4) is 0 Å². The summed E-state index contributed by atoms with van der Waals surface area (Å²) in [5.74, 6) is 0. The Kier molecular flexibility index (Phi) is 3.85. The topological polar surface area (TPSA) is 29.3 Å². The molecule has 94 valence electrons. The fourth-order valence-corrected chi connectivity index (χ4v) is 2.55. The Bertz CT molecular complexity index is 339. The first kappa shape index (κ1) is 12.6. The van der Waals surface area contributed by atoms with E-state index in [9.17, 15) is 0 Å². The molecule has 0 amide bonds. The van der Waals surface area contributed by atoms with Gasteiger partial charge in [0.05, 0.1) is 0 Å². The highest BCUT2D eigenvalue weighted by molar-refractivity contribution is 5.25. The summed E-state index contributed by atoms with van der Waals surface area (Å²) in [6, 6.07) is 10.8. The van der Waals surface area contributed by atoms with E-state index in [4.69, 9.17) is 5.73 Å². The molecule has 1 unspecified atom stereocenters. The van der Waals surface area contributed by atoms with Crippen LogP contribution in [0.1, 0.15) is 32.3 Å². The Labute approximate surface area is 105 Å². The van der Waals surface area contributed by atoms with E-state index in [0.29, 0.717) is 0 Å². The van der Waals surface area contributed by atoms with E-state index in [1.807, 2.05) is 0 Å². The second kappa shape index (κ2) is 5.19. The fraction of sp³-hybridized carbons (Fsp3) is 0.600. The summed E-state index contributed by atoms with van der Waals surface area (Å²) in [5, 5.41) is 0. The highest BCUT2D eigenvalue weighted by atomic mass is 15.1. The van der Waals surface area contributed by atoms with Crippen molar-refractivity contribution in [2.75, 3.05) is 19.6 Å². The molecule has 2 N–H and O–H groups in total. The molecular weight excluding hydrogens is 208 g/mol. The van der Waals surface area contributed by atoms with Gasteiger partial charge in [-0.3, -0.25) is 0 Å². The molecule has 1 aliphatic rings. The van der Waals surface area contributed by atoms with E-state index in [2.05, 4.69) is 49.1 Å². The summed E-state index contributed by atoms with van der Waals surface area (Å²) in [5.41, 5.74) is 7.81. The zero-order valence-electron chi connectivity index (χ0n) is 11.0. The molecule has 1 atom stereocenters. The summed E-state index contributed by atoms with van der Waals surface area (Å²) < 4.78 is 0. The first-order valence-electron chi connectivity index (χ1n) is 6.64. The third-order valence-electron chi connectivity index (χ3n) is 4.10. The average Bonchev–Trinajstić information content (AvgIpc) is 2.83. The van der Waals surface area contributed by atoms with Gasteiger partial charge in [0.2, 0.25) is 0 Å². The minimum Gasteiger partial charge on any atom is -0.326 e. The molecule has 1 aromatic carbocycles. The molecule has 2 nitrogen and oxygen atoms in total. The Morgan fingerprint density at radius 2 is 1.76 bits per heavy atom. The Morgan fingerprint density at radius 1 is 1.18 bits per heavy atom. The fourth-order valence-electron chi connectivity index (χ4n) is 2.55. The van der Waals surface area contributed by atoms with Gasteiger partial charge in [0.15, 0.2) is 0 Å². The Morgan fingerprint density at radius 3 is 2.35 bits per heavy atom. The minimum absolute atomic E-state index is 0.0455. The van der Waals surface area contributed by atoms with Gasteiger partial charge in [0.1, 0.15) is 0 Å². The van der Waals surface area contributed by atoms with Crippen molar-refractivity contribution in [3.63, 3.8) is 0 Å². The standard InChI is InChI=1S/C15H24N2/c1-15(2,13-8-4-3-5-9-13)14(16)12-17-10-6-7-11-17/h3-5,8-9,14H,6-7,10-12,16H2,1-2H3. The van der Waals surface area contributed by atoms with Gasteiger partial charge in [-0.15, -0.1) is 0 Å². The van der Waals surface area contributed by atoms with Crippen LogP contribution in [0.25, 0.3) is 0 Å². The smallest absolute Gasteiger partial charge is 0.0260 e. The highest BCUT2D eigenvalue weighted by Gasteiger charge is 2.30. The summed E-state index contributed by atoms with van der Waals surface area (Å²) >= 11 is 0. The third kappa shape index (κ3) is 2.88. The molecule has 17 heavy (non-hydrogen) atoms. The maximum atomic E-state index is 6.42. The van der Waals surface area contributed by atoms with Crippen molar-refractivity contribution in [2.45, 2.75) is 38.1 Å². The lowest BCUT2D eigenvalue weighted by molar-refractivity contribution is 0.264. The summed E-state index contributed by atoms with van der Waals surface area (Å²) in [6.45, 7) is 7.96. The van der Waals surface area contributed by atoms with Crippen LogP contribution in [0.3, 0.4) is 0 Å². The summed E-state index contributed by atoms with van der Waals surface area (Å²) in [6.07, 6.45) is 2.66. The number of benzene rings is 1. The van der Waals surface area contributed by atoms with E-state index < -0.39 is 0 Å². The second-order valence-corrected chi connectivity index (χ2v) is 5.70. The van der Waals surface area contributed by atoms with E-state index in [-0.39, 0.29) is 11.5 Å². The van der Waals surface area contributed by atoms with Crippen molar-refractivity contribution >= 4 is 0 Å². The van der Waals surface area contributed by atoms with Crippen LogP contribution in [0.5, 0.6) is 0 Å². The van der Waals surface area contributed by atoms with Gasteiger partial charge >= 0.3 is 0 Å². The molecule has 0 spiro atoms. The zero-order valence-corrected chi connectivity index (χ0v) is 11.0. The number of rotatable bonds is 4. The Hall–Kier alpha value is -0.860. The van der Waals surface area contributed by atoms with Crippen molar-refractivity contribution in [1.29, 1.82) is 0 Å². The molecule has 1 saturated heterocycles. The molecule has 0 aliphatic carbocycles. The van der Waals surface area contributed by atoms with Gasteiger partial charge in [0, 0.05) is 18.0 Å². The van der Waals surface area contributed by atoms with E-state index in [1.165, 1.54) is 31.5 Å². The van der Waals surface area contributed by atoms with E-state index in [0.717, 1.165) is 6.54 Å². The number of hydrogen-bond acceptors (Lipinski definition) is 2. The van der Waals surface area contributed by atoms with Crippen molar-refractivity contribution in [1.82, 2.24) is 4.90 Å². The van der Waals surface area contributed by atoms with Gasteiger partial charge in [-0.25, -0.2) is 0 Å². The van der Waals surface area contributed by atoms with Crippen LogP contribution in [-0.2, 0) is 5.41 Å². The highest BCUT2D eigenvalue weighted by Crippen LogP contribution is 2.26. The number of likely N-dealkylation sites (tertiary alicyclic amines) is 1. The molecule has 0 saturated carbocycles. The lowest BCUT2D eigenvalue weighted by atomic mass is 9.78. The maximum absolute atomic E-state index is 6.42. The second-order valence-electron chi connectivity index (χ2n) is 5.70. The molecule has 0 bridgehead atoms. The summed E-state index contributed by atoms with van der Waals surface area (Å²) in [4.78, 5) is 2.50. The SMILES string of the molecule is CC(C)(c1ccccc1)C(N)CN1CCCC1. The lowest BCUT2D eigenvalue weighted by Gasteiger charge is -2.34. The van der Waals surface area contributed by atoms with Crippen LogP contribution < -0.4 is 5.73 Å². The third-order valence-corrected chi connectivity index (χ3v) is 4.10. The lowest BCUT2D eigenvalue weighted by Crippen LogP contribution is -2.48. The molecule has 1 aliphatic heterocycles. The minimum atomic E-state index is 0.0455. The van der Waals surface area contributed by atoms with Gasteiger partial charge in [0.25, 0.3) is 0 Å². The predicted molar refractivity (Wildman–Crippen MR) is 73.1 cm³/mol. The molecule has 1 heterocycles. The van der Waals surface area contributed by atoms with E-state index in [1.54, 1.807) is 0 Å². The van der Waals surface area contributed by atoms with Gasteiger partial charge in [-0.05, 0) is 31.5 Å². The van der Waals surface area contributed by atoms with E-state index >= 15 is 0 Å². The first-order chi connectivity index (χ1) is 8.10. The van der Waals surface area contributed by atoms with Crippen LogP contribution in [0.2, 0.25) is 0 Å². The monoisotopic (exact) mass is 232 g/mol. The first-order valence-corrected chi connectivity index (χ1v) is 6.64. The molecule has 2 heteroatoms. The summed E-state index contributed by atoms with van der Waals surface area (Å²) in [7, 11) is 0. The van der Waals surface area contributed by atoms with Crippen molar-refractivity contribution in [2.24, 2.45) is 5.73 Å². The zero-order chi connectivity index (χ0) is 12.3. The maximum Gasteiger partial charge on any atom is 0.0260 e. The van der Waals surface area contributed by atoms with Crippen LogP contribution >= 0.6 is 0 Å². The largest absolute Gasteiger partial charge is 0.326 e. The van der Waals surface area contributed by atoms with Crippen LogP contribution in [-0.4, -0.2) is 30.6 Å². The molecular formula is C15H24N2.